The molecule has 0 bridgehead atoms. The minimum Gasteiger partial charge on any atom is -0.413 e. The smallest absolute Gasteiger partial charge is 0.316 e. The van der Waals surface area contributed by atoms with Gasteiger partial charge >= 0.3 is 9.28 Å². The van der Waals surface area contributed by atoms with Crippen LogP contribution in [0.2, 0.25) is 6.04 Å². The molecule has 0 unspecified atom stereocenters. The monoisotopic (exact) mass is 209 g/mol. The molecule has 80 valence electrons. The molecule has 0 radical (unpaired) electrons. The van der Waals surface area contributed by atoms with Crippen molar-refractivity contribution < 1.29 is 19.1 Å². The van der Waals surface area contributed by atoms with Gasteiger partial charge in [0.25, 0.3) is 0 Å². The van der Waals surface area contributed by atoms with E-state index in [1.165, 1.54) is 0 Å². The minimum absolute atomic E-state index is 0.490. The van der Waals surface area contributed by atoms with E-state index in [1.807, 2.05) is 0 Å². The molecular formula is C7H19NO4Si. The Balaban J connectivity index is 2.84. The quantitative estimate of drug-likeness (QED) is 0.320. The maximum Gasteiger partial charge on any atom is 0.316 e. The summed E-state index contributed by atoms with van der Waals surface area (Å²) in [6, 6.07) is 0.490. The lowest BCUT2D eigenvalue weighted by molar-refractivity contribution is 0.0506. The average molecular weight is 209 g/mol. The van der Waals surface area contributed by atoms with E-state index in [-0.39, 0.29) is 0 Å². The zero-order chi connectivity index (χ0) is 9.94. The predicted octanol–water partition coefficient (Wildman–Crippen LogP) is -1.43. The van der Waals surface area contributed by atoms with Crippen LogP contribution >= 0.6 is 0 Å². The minimum atomic E-state index is -2.37. The molecule has 0 aliphatic heterocycles. The van der Waals surface area contributed by atoms with Gasteiger partial charge in [0.1, 0.15) is 0 Å². The van der Waals surface area contributed by atoms with E-state index in [1.54, 1.807) is 0 Å². The molecule has 13 heavy (non-hydrogen) atoms. The lowest BCUT2D eigenvalue weighted by atomic mass is 10.5. The van der Waals surface area contributed by atoms with Crippen molar-refractivity contribution in [3.05, 3.63) is 0 Å². The molecule has 0 aromatic carbocycles. The van der Waals surface area contributed by atoms with Gasteiger partial charge in [0, 0.05) is 13.2 Å². The van der Waals surface area contributed by atoms with E-state index in [0.717, 1.165) is 0 Å². The summed E-state index contributed by atoms with van der Waals surface area (Å²) in [7, 11) is -2.37. The van der Waals surface area contributed by atoms with Crippen LogP contribution in [-0.4, -0.2) is 51.8 Å². The normalized spacial score (nSPS) is 11.1. The molecule has 4 N–H and O–H groups in total. The zero-order valence-corrected chi connectivity index (χ0v) is 8.97. The molecule has 0 aromatic rings. The van der Waals surface area contributed by atoms with E-state index < -0.39 is 9.28 Å². The number of hydrogen-bond donors (Lipinski definition) is 3. The van der Waals surface area contributed by atoms with Crippen LogP contribution in [0.25, 0.3) is 0 Å². The van der Waals surface area contributed by atoms with Gasteiger partial charge in [-0.05, 0) is 12.5 Å². The second-order valence-electron chi connectivity index (χ2n) is 2.64. The van der Waals surface area contributed by atoms with Crippen LogP contribution in [0.3, 0.4) is 0 Å². The Morgan fingerprint density at radius 3 is 2.15 bits per heavy atom. The summed E-state index contributed by atoms with van der Waals surface area (Å²) in [5.74, 6) is 0. The molecule has 0 aromatic heterocycles. The molecule has 0 spiro atoms. The predicted molar refractivity (Wildman–Crippen MR) is 51.7 cm³/mol. The van der Waals surface area contributed by atoms with Crippen molar-refractivity contribution in [2.75, 3.05) is 33.0 Å². The molecule has 0 atom stereocenters. The van der Waals surface area contributed by atoms with E-state index in [0.29, 0.717) is 45.4 Å². The van der Waals surface area contributed by atoms with Crippen molar-refractivity contribution in [2.24, 2.45) is 5.73 Å². The van der Waals surface area contributed by atoms with Crippen LogP contribution in [0.5, 0.6) is 0 Å². The third-order valence-corrected chi connectivity index (χ3v) is 2.31. The van der Waals surface area contributed by atoms with Gasteiger partial charge in [-0.2, -0.15) is 0 Å². The Morgan fingerprint density at radius 1 is 1.00 bits per heavy atom. The van der Waals surface area contributed by atoms with Gasteiger partial charge in [0.05, 0.1) is 19.8 Å². The number of rotatable bonds is 9. The highest BCUT2D eigenvalue weighted by Crippen LogP contribution is 1.92. The molecule has 0 heterocycles. The van der Waals surface area contributed by atoms with Crippen molar-refractivity contribution in [1.82, 2.24) is 0 Å². The first-order valence-corrected chi connectivity index (χ1v) is 6.34. The lowest BCUT2D eigenvalue weighted by Crippen LogP contribution is -2.14. The van der Waals surface area contributed by atoms with E-state index >= 15 is 0 Å². The summed E-state index contributed by atoms with van der Waals surface area (Å²) >= 11 is 0. The maximum atomic E-state index is 8.63. The third-order valence-electron chi connectivity index (χ3n) is 1.39. The molecule has 0 amide bonds. The standard InChI is InChI=1S/C7H19NO4Si/c8-2-4-12-6-5-11-3-1-7-13(9)10/h9-10,13H,1-8H2. The van der Waals surface area contributed by atoms with E-state index in [2.05, 4.69) is 0 Å². The molecule has 6 heteroatoms. The third kappa shape index (κ3) is 12.0. The van der Waals surface area contributed by atoms with Gasteiger partial charge in [-0.3, -0.25) is 0 Å². The van der Waals surface area contributed by atoms with E-state index in [9.17, 15) is 0 Å². The molecule has 0 aliphatic carbocycles. The van der Waals surface area contributed by atoms with Crippen LogP contribution < -0.4 is 5.73 Å². The summed E-state index contributed by atoms with van der Waals surface area (Å²) < 4.78 is 10.2. The van der Waals surface area contributed by atoms with E-state index in [4.69, 9.17) is 24.8 Å². The SMILES string of the molecule is NCCOCCOCCC[SiH](O)O. The fourth-order valence-corrected chi connectivity index (χ4v) is 1.31. The zero-order valence-electron chi connectivity index (χ0n) is 7.82. The fraction of sp³-hybridized carbons (Fsp3) is 1.00. The van der Waals surface area contributed by atoms with Crippen molar-refractivity contribution in [2.45, 2.75) is 12.5 Å². The van der Waals surface area contributed by atoms with Gasteiger partial charge < -0.3 is 24.8 Å². The van der Waals surface area contributed by atoms with Crippen LogP contribution in [-0.2, 0) is 9.47 Å². The molecule has 0 aliphatic rings. The van der Waals surface area contributed by atoms with Crippen molar-refractivity contribution in [3.8, 4) is 0 Å². The molecule has 0 saturated heterocycles. The van der Waals surface area contributed by atoms with Gasteiger partial charge in [0.15, 0.2) is 0 Å². The first kappa shape index (κ1) is 13.0. The Labute approximate surface area is 80.3 Å². The van der Waals surface area contributed by atoms with Crippen LogP contribution in [0.4, 0.5) is 0 Å². The second kappa shape index (κ2) is 10.1. The van der Waals surface area contributed by atoms with Crippen LogP contribution in [0.15, 0.2) is 0 Å². The van der Waals surface area contributed by atoms with Gasteiger partial charge in [-0.25, -0.2) is 0 Å². The van der Waals surface area contributed by atoms with Crippen molar-refractivity contribution in [3.63, 3.8) is 0 Å². The lowest BCUT2D eigenvalue weighted by Gasteiger charge is -2.04. The molecule has 5 nitrogen and oxygen atoms in total. The van der Waals surface area contributed by atoms with Crippen LogP contribution in [0, 0.1) is 0 Å². The summed E-state index contributed by atoms with van der Waals surface area (Å²) in [4.78, 5) is 17.3. The van der Waals surface area contributed by atoms with Crippen molar-refractivity contribution in [1.29, 1.82) is 0 Å². The summed E-state index contributed by atoms with van der Waals surface area (Å²) in [6.07, 6.45) is 0.709. The van der Waals surface area contributed by atoms with Gasteiger partial charge in [0.2, 0.25) is 0 Å². The fourth-order valence-electron chi connectivity index (χ4n) is 0.773. The first-order chi connectivity index (χ1) is 6.27. The molecule has 0 saturated carbocycles. The number of hydrogen-bond acceptors (Lipinski definition) is 5. The highest BCUT2D eigenvalue weighted by molar-refractivity contribution is 6.40. The highest BCUT2D eigenvalue weighted by Gasteiger charge is 2.00. The summed E-state index contributed by atoms with van der Waals surface area (Å²) in [6.45, 7) is 2.75. The Hall–Kier alpha value is 0.0169. The Bertz CT molecular complexity index is 104. The van der Waals surface area contributed by atoms with Crippen LogP contribution in [0.1, 0.15) is 6.42 Å². The summed E-state index contributed by atoms with van der Waals surface area (Å²) in [5.41, 5.74) is 5.21. The number of nitrogens with two attached hydrogens (primary N) is 1. The Morgan fingerprint density at radius 2 is 1.62 bits per heavy atom. The first-order valence-electron chi connectivity index (χ1n) is 4.49. The molecule has 0 rings (SSSR count). The largest absolute Gasteiger partial charge is 0.413 e. The number of ether oxygens (including phenoxy) is 2. The van der Waals surface area contributed by atoms with Crippen molar-refractivity contribution >= 4 is 9.28 Å². The molecule has 0 fully saturated rings. The average Bonchev–Trinajstić information content (AvgIpc) is 2.09. The molecular weight excluding hydrogens is 190 g/mol. The maximum absolute atomic E-state index is 8.63. The van der Waals surface area contributed by atoms with Gasteiger partial charge in [-0.15, -0.1) is 0 Å². The second-order valence-corrected chi connectivity index (χ2v) is 4.17. The summed E-state index contributed by atoms with van der Waals surface area (Å²) in [5, 5.41) is 0. The van der Waals surface area contributed by atoms with Gasteiger partial charge in [-0.1, -0.05) is 0 Å². The highest BCUT2D eigenvalue weighted by atomic mass is 28.3. The topological polar surface area (TPSA) is 84.9 Å². The Kier molecular flexibility index (Phi) is 10.1.